The molecule has 2 heterocycles. The topological polar surface area (TPSA) is 125 Å². The number of hydrogen-bond acceptors (Lipinski definition) is 6. The largest absolute Gasteiger partial charge is 0.360 e. The zero-order chi connectivity index (χ0) is 23.1. The SMILES string of the molecule is O=C(NCCCN1CCCC1=O)C(=O)NCC1OCCCN1S(=O)(=O)c1ccc(F)cc1. The van der Waals surface area contributed by atoms with E-state index in [-0.39, 0.29) is 30.4 Å². The molecule has 2 aliphatic rings. The zero-order valence-electron chi connectivity index (χ0n) is 17.6. The summed E-state index contributed by atoms with van der Waals surface area (Å²) in [6.07, 6.45) is 1.39. The summed E-state index contributed by atoms with van der Waals surface area (Å²) in [5, 5.41) is 4.88. The number of likely N-dealkylation sites (tertiary alicyclic amines) is 1. The molecule has 1 atom stereocenters. The first kappa shape index (κ1) is 24.1. The molecule has 2 saturated heterocycles. The molecule has 1 unspecified atom stereocenters. The van der Waals surface area contributed by atoms with Gasteiger partial charge in [0.25, 0.3) is 0 Å². The minimum absolute atomic E-state index is 0.0880. The van der Waals surface area contributed by atoms with Gasteiger partial charge in [-0.05, 0) is 43.5 Å². The van der Waals surface area contributed by atoms with Gasteiger partial charge in [0.1, 0.15) is 12.0 Å². The maximum Gasteiger partial charge on any atom is 0.309 e. The van der Waals surface area contributed by atoms with Crippen LogP contribution in [-0.2, 0) is 29.1 Å². The van der Waals surface area contributed by atoms with Crippen LogP contribution in [0.5, 0.6) is 0 Å². The van der Waals surface area contributed by atoms with Crippen LogP contribution < -0.4 is 10.6 Å². The second-order valence-electron chi connectivity index (χ2n) is 7.55. The summed E-state index contributed by atoms with van der Waals surface area (Å²) in [5.74, 6) is -2.21. The molecular weight excluding hydrogens is 443 g/mol. The third-order valence-corrected chi connectivity index (χ3v) is 7.18. The van der Waals surface area contributed by atoms with Gasteiger partial charge in [0.15, 0.2) is 0 Å². The van der Waals surface area contributed by atoms with Crippen molar-refractivity contribution in [3.63, 3.8) is 0 Å². The Morgan fingerprint density at radius 3 is 2.50 bits per heavy atom. The predicted molar refractivity (Wildman–Crippen MR) is 111 cm³/mol. The number of ether oxygens (including phenoxy) is 1. The van der Waals surface area contributed by atoms with Crippen molar-refractivity contribution in [1.82, 2.24) is 19.8 Å². The van der Waals surface area contributed by atoms with Gasteiger partial charge in [0, 0.05) is 32.6 Å². The molecule has 10 nitrogen and oxygen atoms in total. The Hall–Kier alpha value is -2.57. The first-order chi connectivity index (χ1) is 15.3. The Morgan fingerprint density at radius 2 is 1.81 bits per heavy atom. The van der Waals surface area contributed by atoms with Gasteiger partial charge in [-0.15, -0.1) is 0 Å². The Labute approximate surface area is 186 Å². The molecule has 2 N–H and O–H groups in total. The smallest absolute Gasteiger partial charge is 0.309 e. The van der Waals surface area contributed by atoms with E-state index >= 15 is 0 Å². The monoisotopic (exact) mass is 470 g/mol. The van der Waals surface area contributed by atoms with E-state index in [2.05, 4.69) is 10.6 Å². The summed E-state index contributed by atoms with van der Waals surface area (Å²) in [6, 6.07) is 4.44. The Kier molecular flexibility index (Phi) is 8.15. The van der Waals surface area contributed by atoms with E-state index in [1.54, 1.807) is 4.90 Å². The summed E-state index contributed by atoms with van der Waals surface area (Å²) in [6.45, 7) is 1.73. The minimum atomic E-state index is -3.97. The molecule has 0 radical (unpaired) electrons. The van der Waals surface area contributed by atoms with Gasteiger partial charge in [0.2, 0.25) is 15.9 Å². The number of amides is 3. The first-order valence-corrected chi connectivity index (χ1v) is 12.0. The van der Waals surface area contributed by atoms with E-state index in [1.807, 2.05) is 0 Å². The lowest BCUT2D eigenvalue weighted by Crippen LogP contribution is -2.53. The lowest BCUT2D eigenvalue weighted by Gasteiger charge is -2.34. The van der Waals surface area contributed by atoms with Gasteiger partial charge in [-0.25, -0.2) is 12.8 Å². The lowest BCUT2D eigenvalue weighted by atomic mass is 10.3. The Bertz CT molecular complexity index is 940. The molecule has 2 fully saturated rings. The van der Waals surface area contributed by atoms with Crippen LogP contribution in [0.25, 0.3) is 0 Å². The molecule has 12 heteroatoms. The van der Waals surface area contributed by atoms with Gasteiger partial charge in [0.05, 0.1) is 18.0 Å². The highest BCUT2D eigenvalue weighted by atomic mass is 32.2. The second-order valence-corrected chi connectivity index (χ2v) is 9.44. The van der Waals surface area contributed by atoms with Crippen LogP contribution in [0.4, 0.5) is 4.39 Å². The van der Waals surface area contributed by atoms with Gasteiger partial charge in [-0.2, -0.15) is 4.31 Å². The van der Waals surface area contributed by atoms with Crippen LogP contribution in [-0.4, -0.2) is 80.9 Å². The maximum absolute atomic E-state index is 13.2. The fourth-order valence-electron chi connectivity index (χ4n) is 3.60. The van der Waals surface area contributed by atoms with Crippen LogP contribution in [0, 0.1) is 5.82 Å². The standard InChI is InChI=1S/C20H27FN4O6S/c21-15-5-7-16(8-6-15)32(29,30)25-12-3-13-31-18(25)14-23-20(28)19(27)22-9-2-11-24-10-1-4-17(24)26/h5-8,18H,1-4,9-14H2,(H,22,27)(H,23,28). The van der Waals surface area contributed by atoms with Crippen molar-refractivity contribution in [3.8, 4) is 0 Å². The fourth-order valence-corrected chi connectivity index (χ4v) is 5.16. The molecule has 0 bridgehead atoms. The second kappa shape index (κ2) is 10.8. The molecule has 3 amide bonds. The number of nitrogens with one attached hydrogen (secondary N) is 2. The fraction of sp³-hybridized carbons (Fsp3) is 0.550. The quantitative estimate of drug-likeness (QED) is 0.401. The zero-order valence-corrected chi connectivity index (χ0v) is 18.4. The van der Waals surface area contributed by atoms with Gasteiger partial charge in [-0.3, -0.25) is 14.4 Å². The molecule has 2 aliphatic heterocycles. The Balaban J connectivity index is 1.48. The van der Waals surface area contributed by atoms with Gasteiger partial charge >= 0.3 is 11.8 Å². The number of nitrogens with zero attached hydrogens (tertiary/aromatic N) is 2. The number of carbonyl (C=O) groups excluding carboxylic acids is 3. The van der Waals surface area contributed by atoms with Crippen molar-refractivity contribution in [2.75, 3.05) is 39.3 Å². The minimum Gasteiger partial charge on any atom is -0.360 e. The summed E-state index contributed by atoms with van der Waals surface area (Å²) < 4.78 is 45.5. The molecule has 0 spiro atoms. The van der Waals surface area contributed by atoms with Gasteiger partial charge < -0.3 is 20.3 Å². The van der Waals surface area contributed by atoms with Crippen LogP contribution in [0.15, 0.2) is 29.2 Å². The van der Waals surface area contributed by atoms with E-state index in [0.29, 0.717) is 39.0 Å². The van der Waals surface area contributed by atoms with E-state index in [4.69, 9.17) is 4.74 Å². The molecular formula is C20H27FN4O6S. The third-order valence-electron chi connectivity index (χ3n) is 5.28. The Morgan fingerprint density at radius 1 is 1.09 bits per heavy atom. The van der Waals surface area contributed by atoms with Crippen LogP contribution in [0.3, 0.4) is 0 Å². The highest BCUT2D eigenvalue weighted by Crippen LogP contribution is 2.22. The average Bonchev–Trinajstić information content (AvgIpc) is 3.20. The summed E-state index contributed by atoms with van der Waals surface area (Å²) >= 11 is 0. The van der Waals surface area contributed by atoms with Crippen molar-refractivity contribution < 1.29 is 31.9 Å². The van der Waals surface area contributed by atoms with E-state index in [9.17, 15) is 27.2 Å². The van der Waals surface area contributed by atoms with Crippen LogP contribution >= 0.6 is 0 Å². The summed E-state index contributed by atoms with van der Waals surface area (Å²) in [7, 11) is -3.97. The normalized spacial score (nSPS) is 19.7. The molecule has 32 heavy (non-hydrogen) atoms. The first-order valence-electron chi connectivity index (χ1n) is 10.5. The number of sulfonamides is 1. The number of halogens is 1. The highest BCUT2D eigenvalue weighted by molar-refractivity contribution is 7.89. The molecule has 1 aromatic carbocycles. The van der Waals surface area contributed by atoms with E-state index in [1.165, 1.54) is 0 Å². The number of benzene rings is 1. The molecule has 0 saturated carbocycles. The number of rotatable bonds is 8. The number of hydrogen-bond donors (Lipinski definition) is 2. The third kappa shape index (κ3) is 6.02. The predicted octanol–water partition coefficient (Wildman–Crippen LogP) is -0.192. The molecule has 0 aromatic heterocycles. The molecule has 1 aromatic rings. The molecule has 176 valence electrons. The van der Waals surface area contributed by atoms with Crippen molar-refractivity contribution in [1.29, 1.82) is 0 Å². The van der Waals surface area contributed by atoms with Crippen molar-refractivity contribution in [3.05, 3.63) is 30.1 Å². The number of carbonyl (C=O) groups is 3. The molecule has 0 aliphatic carbocycles. The summed E-state index contributed by atoms with van der Waals surface area (Å²) in [5.41, 5.74) is 0. The maximum atomic E-state index is 13.2. The van der Waals surface area contributed by atoms with Crippen LogP contribution in [0.1, 0.15) is 25.7 Å². The summed E-state index contributed by atoms with van der Waals surface area (Å²) in [4.78, 5) is 37.3. The highest BCUT2D eigenvalue weighted by Gasteiger charge is 2.35. The van der Waals surface area contributed by atoms with Crippen molar-refractivity contribution in [2.24, 2.45) is 0 Å². The lowest BCUT2D eigenvalue weighted by molar-refractivity contribution is -0.140. The van der Waals surface area contributed by atoms with E-state index in [0.717, 1.165) is 35.0 Å². The van der Waals surface area contributed by atoms with Crippen molar-refractivity contribution in [2.45, 2.75) is 36.8 Å². The van der Waals surface area contributed by atoms with Gasteiger partial charge in [-0.1, -0.05) is 0 Å². The molecule has 3 rings (SSSR count). The average molecular weight is 471 g/mol. The van der Waals surface area contributed by atoms with Crippen LogP contribution in [0.2, 0.25) is 0 Å². The van der Waals surface area contributed by atoms with E-state index < -0.39 is 33.9 Å². The van der Waals surface area contributed by atoms with Crippen molar-refractivity contribution >= 4 is 27.7 Å².